The predicted octanol–water partition coefficient (Wildman–Crippen LogP) is 2.24. The average molecular weight is 510 g/mol. The number of hydrogen-bond acceptors (Lipinski definition) is 6. The molecule has 2 N–H and O–H groups in total. The van der Waals surface area contributed by atoms with E-state index in [4.69, 9.17) is 4.74 Å². The minimum Gasteiger partial charge on any atom is -0.484 e. The molecule has 1 fully saturated rings. The lowest BCUT2D eigenvalue weighted by atomic mass is 10.2. The van der Waals surface area contributed by atoms with E-state index in [1.165, 1.54) is 28.6 Å². The molecule has 2 aromatic rings. The summed E-state index contributed by atoms with van der Waals surface area (Å²) in [6.07, 6.45) is 2.44. The number of benzene rings is 2. The minimum absolute atomic E-state index is 0.125. The molecule has 9 nitrogen and oxygen atoms in total. The van der Waals surface area contributed by atoms with E-state index in [9.17, 15) is 21.6 Å². The number of ether oxygens (including phenoxy) is 1. The second-order valence-electron chi connectivity index (χ2n) is 8.22. The van der Waals surface area contributed by atoms with Crippen LogP contribution in [0.15, 0.2) is 58.3 Å². The molecule has 1 atom stereocenters. The standard InChI is InChI=1S/C23H31N3O6S2/c1-3-18(2)25-33(28,29)21-12-8-20(9-13-21)32-17-23(27)24-16-19-6-10-22(11-7-19)34(30,31)26-14-4-5-15-26/h6-13,18,25H,3-5,14-17H2,1-2H3,(H,24,27)/t18-/m1/s1. The fourth-order valence-corrected chi connectivity index (χ4v) is 6.23. The third kappa shape index (κ3) is 6.78. The third-order valence-electron chi connectivity index (χ3n) is 5.59. The highest BCUT2D eigenvalue weighted by Gasteiger charge is 2.26. The Morgan fingerprint density at radius 2 is 1.56 bits per heavy atom. The second kappa shape index (κ2) is 11.3. The van der Waals surface area contributed by atoms with E-state index in [2.05, 4.69) is 10.0 Å². The summed E-state index contributed by atoms with van der Waals surface area (Å²) in [5, 5.41) is 2.72. The molecule has 11 heteroatoms. The van der Waals surface area contributed by atoms with Crippen LogP contribution < -0.4 is 14.8 Å². The maximum absolute atomic E-state index is 12.6. The number of amides is 1. The molecular formula is C23H31N3O6S2. The summed E-state index contributed by atoms with van der Waals surface area (Å²) in [5.74, 6) is 0.0120. The summed E-state index contributed by atoms with van der Waals surface area (Å²) in [5.41, 5.74) is 0.761. The highest BCUT2D eigenvalue weighted by molar-refractivity contribution is 7.89. The van der Waals surface area contributed by atoms with Gasteiger partial charge in [-0.25, -0.2) is 21.6 Å². The Bertz CT molecular complexity index is 1170. The quantitative estimate of drug-likeness (QED) is 0.479. The average Bonchev–Trinajstić information content (AvgIpc) is 3.38. The van der Waals surface area contributed by atoms with Crippen LogP contribution in [-0.2, 0) is 31.4 Å². The Morgan fingerprint density at radius 1 is 0.971 bits per heavy atom. The minimum atomic E-state index is -3.60. The zero-order valence-electron chi connectivity index (χ0n) is 19.4. The molecule has 0 spiro atoms. The monoisotopic (exact) mass is 509 g/mol. The lowest BCUT2D eigenvalue weighted by Crippen LogP contribution is -2.32. The summed E-state index contributed by atoms with van der Waals surface area (Å²) in [7, 11) is -7.06. The van der Waals surface area contributed by atoms with Crippen LogP contribution in [-0.4, -0.2) is 52.8 Å². The number of nitrogens with one attached hydrogen (secondary N) is 2. The van der Waals surface area contributed by atoms with Gasteiger partial charge in [-0.05, 0) is 68.1 Å². The first-order chi connectivity index (χ1) is 16.1. The van der Waals surface area contributed by atoms with Gasteiger partial charge in [0.25, 0.3) is 5.91 Å². The Morgan fingerprint density at radius 3 is 2.15 bits per heavy atom. The first kappa shape index (κ1) is 26.1. The summed E-state index contributed by atoms with van der Waals surface area (Å²) in [6, 6.07) is 12.1. The van der Waals surface area contributed by atoms with Gasteiger partial charge in [0.05, 0.1) is 9.79 Å². The van der Waals surface area contributed by atoms with E-state index < -0.39 is 20.0 Å². The fraction of sp³-hybridized carbons (Fsp3) is 0.435. The number of hydrogen-bond donors (Lipinski definition) is 2. The molecule has 186 valence electrons. The van der Waals surface area contributed by atoms with Gasteiger partial charge in [0.15, 0.2) is 6.61 Å². The summed E-state index contributed by atoms with van der Waals surface area (Å²) in [6.45, 7) is 4.77. The molecule has 1 heterocycles. The van der Waals surface area contributed by atoms with Gasteiger partial charge < -0.3 is 10.1 Å². The van der Waals surface area contributed by atoms with Crippen LogP contribution in [0.3, 0.4) is 0 Å². The van der Waals surface area contributed by atoms with Gasteiger partial charge in [0.1, 0.15) is 5.75 Å². The van der Waals surface area contributed by atoms with E-state index in [1.54, 1.807) is 31.2 Å². The second-order valence-corrected chi connectivity index (χ2v) is 11.9. The molecule has 34 heavy (non-hydrogen) atoms. The molecule has 3 rings (SSSR count). The molecule has 1 aliphatic rings. The number of nitrogens with zero attached hydrogens (tertiary/aromatic N) is 1. The molecule has 0 bridgehead atoms. The van der Waals surface area contributed by atoms with Gasteiger partial charge in [-0.1, -0.05) is 19.1 Å². The van der Waals surface area contributed by atoms with Gasteiger partial charge in [-0.3, -0.25) is 4.79 Å². The number of carbonyl (C=O) groups excluding carboxylic acids is 1. The van der Waals surface area contributed by atoms with E-state index in [-0.39, 0.29) is 34.9 Å². The number of sulfonamides is 2. The molecule has 1 amide bonds. The van der Waals surface area contributed by atoms with Crippen molar-refractivity contribution in [3.8, 4) is 5.75 Å². The van der Waals surface area contributed by atoms with Gasteiger partial charge >= 0.3 is 0 Å². The lowest BCUT2D eigenvalue weighted by Gasteiger charge is -2.15. The van der Waals surface area contributed by atoms with Crippen molar-refractivity contribution in [1.29, 1.82) is 0 Å². The van der Waals surface area contributed by atoms with Crippen LogP contribution in [0.1, 0.15) is 38.7 Å². The van der Waals surface area contributed by atoms with Crippen molar-refractivity contribution >= 4 is 26.0 Å². The normalized spacial score (nSPS) is 15.7. The van der Waals surface area contributed by atoms with Gasteiger partial charge in [0.2, 0.25) is 20.0 Å². The smallest absolute Gasteiger partial charge is 0.258 e. The molecular weight excluding hydrogens is 478 g/mol. The number of carbonyl (C=O) groups is 1. The first-order valence-electron chi connectivity index (χ1n) is 11.2. The zero-order chi connectivity index (χ0) is 24.8. The van der Waals surface area contributed by atoms with Crippen molar-refractivity contribution in [3.63, 3.8) is 0 Å². The van der Waals surface area contributed by atoms with Gasteiger partial charge in [0, 0.05) is 25.7 Å². The van der Waals surface area contributed by atoms with Crippen molar-refractivity contribution in [2.75, 3.05) is 19.7 Å². The van der Waals surface area contributed by atoms with Crippen molar-refractivity contribution in [2.45, 2.75) is 55.5 Å². The highest BCUT2D eigenvalue weighted by atomic mass is 32.2. The van der Waals surface area contributed by atoms with E-state index in [0.717, 1.165) is 18.4 Å². The van der Waals surface area contributed by atoms with Crippen molar-refractivity contribution in [1.82, 2.24) is 14.3 Å². The van der Waals surface area contributed by atoms with Crippen molar-refractivity contribution < 1.29 is 26.4 Å². The van der Waals surface area contributed by atoms with Gasteiger partial charge in [-0.2, -0.15) is 4.31 Å². The molecule has 1 aliphatic heterocycles. The van der Waals surface area contributed by atoms with Crippen LogP contribution >= 0.6 is 0 Å². The SMILES string of the molecule is CC[C@@H](C)NS(=O)(=O)c1ccc(OCC(=O)NCc2ccc(S(=O)(=O)N3CCCC3)cc2)cc1. The van der Waals surface area contributed by atoms with Crippen LogP contribution in [0.25, 0.3) is 0 Å². The predicted molar refractivity (Wildman–Crippen MR) is 128 cm³/mol. The largest absolute Gasteiger partial charge is 0.484 e. The van der Waals surface area contributed by atoms with Gasteiger partial charge in [-0.15, -0.1) is 0 Å². The van der Waals surface area contributed by atoms with E-state index in [0.29, 0.717) is 25.3 Å². The summed E-state index contributed by atoms with van der Waals surface area (Å²) < 4.78 is 59.2. The highest BCUT2D eigenvalue weighted by Crippen LogP contribution is 2.21. The molecule has 1 saturated heterocycles. The van der Waals surface area contributed by atoms with Crippen molar-refractivity contribution in [2.24, 2.45) is 0 Å². The van der Waals surface area contributed by atoms with Crippen LogP contribution in [0, 0.1) is 0 Å². The molecule has 0 aliphatic carbocycles. The first-order valence-corrected chi connectivity index (χ1v) is 14.1. The lowest BCUT2D eigenvalue weighted by molar-refractivity contribution is -0.123. The summed E-state index contributed by atoms with van der Waals surface area (Å²) in [4.78, 5) is 12.5. The topological polar surface area (TPSA) is 122 Å². The molecule has 0 saturated carbocycles. The third-order valence-corrected chi connectivity index (χ3v) is 9.11. The van der Waals surface area contributed by atoms with Crippen LogP contribution in [0.5, 0.6) is 5.75 Å². The molecule has 0 radical (unpaired) electrons. The Labute approximate surface area is 201 Å². The van der Waals surface area contributed by atoms with Crippen LogP contribution in [0.4, 0.5) is 0 Å². The Kier molecular flexibility index (Phi) is 8.69. The van der Waals surface area contributed by atoms with E-state index >= 15 is 0 Å². The maximum atomic E-state index is 12.6. The van der Waals surface area contributed by atoms with E-state index in [1.807, 2.05) is 6.92 Å². The Balaban J connectivity index is 1.47. The Hall–Kier alpha value is -2.47. The maximum Gasteiger partial charge on any atom is 0.258 e. The van der Waals surface area contributed by atoms with Crippen LogP contribution in [0.2, 0.25) is 0 Å². The molecule has 2 aromatic carbocycles. The number of rotatable bonds is 11. The molecule has 0 aromatic heterocycles. The van der Waals surface area contributed by atoms with Crippen molar-refractivity contribution in [3.05, 3.63) is 54.1 Å². The zero-order valence-corrected chi connectivity index (χ0v) is 21.0. The summed E-state index contributed by atoms with van der Waals surface area (Å²) >= 11 is 0. The molecule has 0 unspecified atom stereocenters. The fourth-order valence-electron chi connectivity index (χ4n) is 3.39.